The molecule has 0 unspecified atom stereocenters. The minimum atomic E-state index is -0.289. The Kier molecular flexibility index (Phi) is 8.06. The molecule has 0 bridgehead atoms. The highest BCUT2D eigenvalue weighted by Crippen LogP contribution is 2.07. The number of ether oxygens (including phenoxy) is 1. The molecule has 0 aromatic rings. The number of aliphatic hydroxyl groups is 1. The number of piperazine rings is 1. The number of hydrogen-bond donors (Lipinski definition) is 2. The summed E-state index contributed by atoms with van der Waals surface area (Å²) in [6, 6.07) is -0.0914. The number of hydrogen-bond acceptors (Lipinski definition) is 5. The quantitative estimate of drug-likeness (QED) is 0.591. The zero-order chi connectivity index (χ0) is 15.0. The Morgan fingerprint density at radius 2 is 1.95 bits per heavy atom. The molecule has 2 N–H and O–H groups in total. The van der Waals surface area contributed by atoms with Gasteiger partial charge in [-0.15, -0.1) is 0 Å². The molecule has 20 heavy (non-hydrogen) atoms. The number of methoxy groups -OCH3 is 1. The van der Waals surface area contributed by atoms with Crippen LogP contribution in [0.3, 0.4) is 0 Å². The highest BCUT2D eigenvalue weighted by atomic mass is 16.5. The van der Waals surface area contributed by atoms with Crippen molar-refractivity contribution in [3.63, 3.8) is 0 Å². The zero-order valence-electron chi connectivity index (χ0n) is 13.0. The number of nitrogens with one attached hydrogen (secondary N) is 1. The highest BCUT2D eigenvalue weighted by molar-refractivity contribution is 5.81. The number of amides is 1. The molecule has 0 aromatic heterocycles. The van der Waals surface area contributed by atoms with Gasteiger partial charge in [-0.05, 0) is 20.3 Å². The minimum Gasteiger partial charge on any atom is -0.392 e. The lowest BCUT2D eigenvalue weighted by Gasteiger charge is -2.37. The first kappa shape index (κ1) is 17.4. The van der Waals surface area contributed by atoms with Crippen LogP contribution in [0.25, 0.3) is 0 Å². The minimum absolute atomic E-state index is 0.0880. The van der Waals surface area contributed by atoms with Crippen LogP contribution in [0.5, 0.6) is 0 Å². The lowest BCUT2D eigenvalue weighted by molar-refractivity contribution is -0.126. The van der Waals surface area contributed by atoms with Gasteiger partial charge in [0, 0.05) is 53.0 Å². The molecule has 0 saturated carbocycles. The Bertz CT molecular complexity index is 279. The normalized spacial score (nSPS) is 20.6. The average molecular weight is 287 g/mol. The van der Waals surface area contributed by atoms with Crippen molar-refractivity contribution in [1.29, 1.82) is 0 Å². The van der Waals surface area contributed by atoms with Crippen molar-refractivity contribution >= 4 is 5.91 Å². The number of carbonyl (C=O) groups is 1. The molecule has 0 aromatic carbocycles. The van der Waals surface area contributed by atoms with E-state index in [0.717, 1.165) is 32.6 Å². The van der Waals surface area contributed by atoms with Gasteiger partial charge < -0.3 is 15.2 Å². The molecule has 0 aliphatic carbocycles. The summed E-state index contributed by atoms with van der Waals surface area (Å²) >= 11 is 0. The second kappa shape index (κ2) is 9.28. The molecule has 2 atom stereocenters. The first-order valence-electron chi connectivity index (χ1n) is 7.45. The molecule has 1 rings (SSSR count). The van der Waals surface area contributed by atoms with Crippen molar-refractivity contribution in [3.05, 3.63) is 0 Å². The molecule has 1 amide bonds. The standard InChI is InChI=1S/C14H29N3O3/c1-12(18)11-16-6-8-17(9-7-16)13(2)14(19)15-5-4-10-20-3/h12-13,18H,4-11H2,1-3H3,(H,15,19)/t12-,13+/m0/s1. The summed E-state index contributed by atoms with van der Waals surface area (Å²) < 4.78 is 4.96. The van der Waals surface area contributed by atoms with E-state index in [1.165, 1.54) is 0 Å². The number of carbonyl (C=O) groups excluding carboxylic acids is 1. The van der Waals surface area contributed by atoms with Gasteiger partial charge in [-0.2, -0.15) is 0 Å². The summed E-state index contributed by atoms with van der Waals surface area (Å²) in [6.45, 7) is 9.38. The zero-order valence-corrected chi connectivity index (χ0v) is 13.0. The third-order valence-electron chi connectivity index (χ3n) is 3.68. The van der Waals surface area contributed by atoms with Crippen LogP contribution >= 0.6 is 0 Å². The Morgan fingerprint density at radius 1 is 1.30 bits per heavy atom. The summed E-state index contributed by atoms with van der Waals surface area (Å²) in [7, 11) is 1.66. The Hall–Kier alpha value is -0.690. The van der Waals surface area contributed by atoms with E-state index in [4.69, 9.17) is 4.74 Å². The van der Waals surface area contributed by atoms with Gasteiger partial charge in [-0.3, -0.25) is 14.6 Å². The fraction of sp³-hybridized carbons (Fsp3) is 0.929. The molecular weight excluding hydrogens is 258 g/mol. The third-order valence-corrected chi connectivity index (χ3v) is 3.68. The van der Waals surface area contributed by atoms with Gasteiger partial charge in [-0.1, -0.05) is 0 Å². The van der Waals surface area contributed by atoms with E-state index in [2.05, 4.69) is 15.1 Å². The van der Waals surface area contributed by atoms with Crippen molar-refractivity contribution < 1.29 is 14.6 Å². The monoisotopic (exact) mass is 287 g/mol. The maximum Gasteiger partial charge on any atom is 0.237 e. The summed E-state index contributed by atoms with van der Waals surface area (Å²) in [5.74, 6) is 0.0880. The lowest BCUT2D eigenvalue weighted by atomic mass is 10.2. The van der Waals surface area contributed by atoms with Crippen molar-refractivity contribution in [2.45, 2.75) is 32.4 Å². The van der Waals surface area contributed by atoms with Crippen molar-refractivity contribution in [3.8, 4) is 0 Å². The van der Waals surface area contributed by atoms with Gasteiger partial charge in [0.15, 0.2) is 0 Å². The van der Waals surface area contributed by atoms with E-state index in [0.29, 0.717) is 19.7 Å². The Labute approximate surface area is 122 Å². The van der Waals surface area contributed by atoms with Gasteiger partial charge in [0.05, 0.1) is 12.1 Å². The van der Waals surface area contributed by atoms with Gasteiger partial charge >= 0.3 is 0 Å². The van der Waals surface area contributed by atoms with E-state index >= 15 is 0 Å². The first-order chi connectivity index (χ1) is 9.54. The van der Waals surface area contributed by atoms with E-state index in [9.17, 15) is 9.90 Å². The van der Waals surface area contributed by atoms with Crippen LogP contribution < -0.4 is 5.32 Å². The molecule has 1 saturated heterocycles. The SMILES string of the molecule is COCCCNC(=O)[C@@H](C)N1CCN(C[C@H](C)O)CC1. The molecule has 1 aliphatic heterocycles. The predicted molar refractivity (Wildman–Crippen MR) is 78.7 cm³/mol. The predicted octanol–water partition coefficient (Wildman–Crippen LogP) is -0.474. The van der Waals surface area contributed by atoms with Crippen molar-refractivity contribution in [2.75, 3.05) is 53.0 Å². The van der Waals surface area contributed by atoms with Crippen LogP contribution in [0.2, 0.25) is 0 Å². The number of rotatable bonds is 8. The molecule has 1 aliphatic rings. The summed E-state index contributed by atoms with van der Waals surface area (Å²) in [4.78, 5) is 16.5. The van der Waals surface area contributed by atoms with Crippen LogP contribution in [0.1, 0.15) is 20.3 Å². The van der Waals surface area contributed by atoms with Gasteiger partial charge in [-0.25, -0.2) is 0 Å². The van der Waals surface area contributed by atoms with Crippen LogP contribution in [0.15, 0.2) is 0 Å². The van der Waals surface area contributed by atoms with Gasteiger partial charge in [0.1, 0.15) is 0 Å². The number of β-amino-alcohol motifs (C(OH)–C–C–N with tert-alkyl or cyclic N) is 1. The summed E-state index contributed by atoms with van der Waals surface area (Å²) in [5.41, 5.74) is 0. The topological polar surface area (TPSA) is 65.0 Å². The fourth-order valence-corrected chi connectivity index (χ4v) is 2.45. The highest BCUT2D eigenvalue weighted by Gasteiger charge is 2.25. The van der Waals surface area contributed by atoms with Gasteiger partial charge in [0.2, 0.25) is 5.91 Å². The first-order valence-corrected chi connectivity index (χ1v) is 7.45. The van der Waals surface area contributed by atoms with E-state index in [1.54, 1.807) is 7.11 Å². The van der Waals surface area contributed by atoms with Crippen LogP contribution in [0.4, 0.5) is 0 Å². The maximum absolute atomic E-state index is 12.0. The van der Waals surface area contributed by atoms with E-state index in [-0.39, 0.29) is 18.1 Å². The van der Waals surface area contributed by atoms with Crippen molar-refractivity contribution in [2.24, 2.45) is 0 Å². The second-order valence-corrected chi connectivity index (χ2v) is 5.50. The third kappa shape index (κ3) is 6.17. The molecular formula is C14H29N3O3. The summed E-state index contributed by atoms with van der Waals surface area (Å²) in [6.07, 6.45) is 0.556. The Morgan fingerprint density at radius 3 is 2.50 bits per heavy atom. The van der Waals surface area contributed by atoms with E-state index in [1.807, 2.05) is 13.8 Å². The number of aliphatic hydroxyl groups excluding tert-OH is 1. The van der Waals surface area contributed by atoms with Crippen LogP contribution in [0, 0.1) is 0 Å². The van der Waals surface area contributed by atoms with Crippen LogP contribution in [-0.2, 0) is 9.53 Å². The molecule has 0 spiro atoms. The summed E-state index contributed by atoms with van der Waals surface area (Å²) in [5, 5.41) is 12.3. The molecule has 1 heterocycles. The van der Waals surface area contributed by atoms with E-state index < -0.39 is 0 Å². The molecule has 118 valence electrons. The maximum atomic E-state index is 12.0. The smallest absolute Gasteiger partial charge is 0.237 e. The second-order valence-electron chi connectivity index (χ2n) is 5.50. The molecule has 6 nitrogen and oxygen atoms in total. The van der Waals surface area contributed by atoms with Crippen LogP contribution in [-0.4, -0.2) is 85.9 Å². The van der Waals surface area contributed by atoms with Gasteiger partial charge in [0.25, 0.3) is 0 Å². The molecule has 1 fully saturated rings. The largest absolute Gasteiger partial charge is 0.392 e. The van der Waals surface area contributed by atoms with Crippen molar-refractivity contribution in [1.82, 2.24) is 15.1 Å². The Balaban J connectivity index is 2.24. The fourth-order valence-electron chi connectivity index (χ4n) is 2.45. The average Bonchev–Trinajstić information content (AvgIpc) is 2.43. The molecule has 0 radical (unpaired) electrons. The molecule has 6 heteroatoms. The lowest BCUT2D eigenvalue weighted by Crippen LogP contribution is -2.54. The number of nitrogens with zero attached hydrogens (tertiary/aromatic N) is 2.